The molecule has 170 valence electrons. The molecule has 0 fully saturated rings. The highest BCUT2D eigenvalue weighted by Gasteiger charge is 2.19. The molecule has 0 bridgehead atoms. The summed E-state index contributed by atoms with van der Waals surface area (Å²) in [5.41, 5.74) is 3.61. The van der Waals surface area contributed by atoms with Crippen LogP contribution in [0.2, 0.25) is 0 Å². The van der Waals surface area contributed by atoms with Crippen molar-refractivity contribution in [2.45, 2.75) is 46.3 Å². The van der Waals surface area contributed by atoms with E-state index < -0.39 is 0 Å². The van der Waals surface area contributed by atoms with E-state index in [2.05, 4.69) is 10.3 Å². The molecule has 1 N–H and O–H groups in total. The van der Waals surface area contributed by atoms with Gasteiger partial charge in [0.1, 0.15) is 4.83 Å². The van der Waals surface area contributed by atoms with Gasteiger partial charge < -0.3 is 10.2 Å². The average Bonchev–Trinajstić information content (AvgIpc) is 3.02. The number of hydrogen-bond donors (Lipinski definition) is 1. The highest BCUT2D eigenvalue weighted by Crippen LogP contribution is 2.28. The molecule has 2 heterocycles. The molecule has 3 aromatic rings. The van der Waals surface area contributed by atoms with Crippen LogP contribution in [0.1, 0.15) is 28.5 Å². The molecule has 1 aromatic carbocycles. The smallest absolute Gasteiger partial charge is 0.263 e. The van der Waals surface area contributed by atoms with Crippen LogP contribution in [0.5, 0.6) is 0 Å². The van der Waals surface area contributed by atoms with Crippen molar-refractivity contribution in [2.24, 2.45) is 0 Å². The Morgan fingerprint density at radius 1 is 1.19 bits per heavy atom. The van der Waals surface area contributed by atoms with Crippen LogP contribution in [0.4, 0.5) is 5.69 Å². The first-order valence-electron chi connectivity index (χ1n) is 10.4. The number of fused-ring (bicyclic) bond motifs is 1. The first kappa shape index (κ1) is 24.0. The zero-order valence-corrected chi connectivity index (χ0v) is 20.9. The zero-order valence-electron chi connectivity index (χ0n) is 19.2. The van der Waals surface area contributed by atoms with E-state index in [-0.39, 0.29) is 29.7 Å². The topological polar surface area (TPSA) is 84.3 Å². The van der Waals surface area contributed by atoms with Crippen LogP contribution in [0, 0.1) is 27.7 Å². The van der Waals surface area contributed by atoms with Gasteiger partial charge >= 0.3 is 0 Å². The third-order valence-corrected chi connectivity index (χ3v) is 7.51. The van der Waals surface area contributed by atoms with Crippen molar-refractivity contribution in [2.75, 3.05) is 24.7 Å². The fourth-order valence-corrected chi connectivity index (χ4v) is 5.50. The summed E-state index contributed by atoms with van der Waals surface area (Å²) in [4.78, 5) is 45.9. The number of para-hydroxylation sites is 1. The predicted molar refractivity (Wildman–Crippen MR) is 132 cm³/mol. The number of thiophene rings is 1. The second-order valence-electron chi connectivity index (χ2n) is 7.76. The predicted octanol–water partition coefficient (Wildman–Crippen LogP) is 3.90. The van der Waals surface area contributed by atoms with Crippen LogP contribution in [0.15, 0.2) is 28.2 Å². The molecule has 32 heavy (non-hydrogen) atoms. The lowest BCUT2D eigenvalue weighted by Gasteiger charge is -2.18. The molecule has 0 aliphatic rings. The van der Waals surface area contributed by atoms with E-state index in [1.807, 2.05) is 52.8 Å². The van der Waals surface area contributed by atoms with E-state index in [4.69, 9.17) is 0 Å². The Hall–Kier alpha value is -2.65. The van der Waals surface area contributed by atoms with Gasteiger partial charge in [0, 0.05) is 24.2 Å². The highest BCUT2D eigenvalue weighted by atomic mass is 32.2. The largest absolute Gasteiger partial charge is 0.336 e. The number of aryl methyl sites for hydroxylation is 4. The zero-order chi connectivity index (χ0) is 23.6. The summed E-state index contributed by atoms with van der Waals surface area (Å²) in [5, 5.41) is 4.07. The van der Waals surface area contributed by atoms with Crippen LogP contribution >= 0.6 is 23.1 Å². The molecule has 2 amide bonds. The maximum Gasteiger partial charge on any atom is 0.263 e. The molecule has 9 heteroatoms. The van der Waals surface area contributed by atoms with E-state index in [1.165, 1.54) is 28.0 Å². The first-order chi connectivity index (χ1) is 15.1. The Morgan fingerprint density at radius 3 is 2.47 bits per heavy atom. The number of nitrogens with zero attached hydrogens (tertiary/aromatic N) is 3. The number of benzene rings is 1. The molecular weight excluding hydrogens is 444 g/mol. The summed E-state index contributed by atoms with van der Waals surface area (Å²) in [6, 6.07) is 5.80. The van der Waals surface area contributed by atoms with Gasteiger partial charge in [0.05, 0.1) is 17.7 Å². The summed E-state index contributed by atoms with van der Waals surface area (Å²) < 4.78 is 1.60. The lowest BCUT2D eigenvalue weighted by molar-refractivity contribution is -0.131. The number of rotatable bonds is 7. The standard InChI is InChI=1S/C23H28N4O3S2/c1-7-27-22(30)19-15(4)16(5)32-21(19)25-23(27)31-12-18(29)26(6)11-17(28)24-20-13(2)9-8-10-14(20)3/h8-10H,7,11-12H2,1-6H3,(H,24,28). The average molecular weight is 473 g/mol. The normalized spacial score (nSPS) is 11.1. The molecule has 0 saturated carbocycles. The number of likely N-dealkylation sites (N-methyl/N-ethyl adjacent to an activating group) is 1. The lowest BCUT2D eigenvalue weighted by atomic mass is 10.1. The third kappa shape index (κ3) is 4.88. The van der Waals surface area contributed by atoms with Gasteiger partial charge in [0.2, 0.25) is 11.8 Å². The number of anilines is 1. The van der Waals surface area contributed by atoms with E-state index in [1.54, 1.807) is 11.6 Å². The van der Waals surface area contributed by atoms with Crippen molar-refractivity contribution < 1.29 is 9.59 Å². The van der Waals surface area contributed by atoms with E-state index in [0.29, 0.717) is 21.9 Å². The van der Waals surface area contributed by atoms with Crippen LogP contribution in [0.3, 0.4) is 0 Å². The molecule has 0 radical (unpaired) electrons. The second kappa shape index (κ2) is 9.87. The number of carbonyl (C=O) groups is 2. The van der Waals surface area contributed by atoms with Gasteiger partial charge in [-0.05, 0) is 51.3 Å². The molecule has 0 aliphatic carbocycles. The number of carbonyl (C=O) groups excluding carboxylic acids is 2. The van der Waals surface area contributed by atoms with E-state index >= 15 is 0 Å². The highest BCUT2D eigenvalue weighted by molar-refractivity contribution is 7.99. The summed E-state index contributed by atoms with van der Waals surface area (Å²) in [6.45, 7) is 10.1. The number of thioether (sulfide) groups is 1. The lowest BCUT2D eigenvalue weighted by Crippen LogP contribution is -2.36. The van der Waals surface area contributed by atoms with Crippen molar-refractivity contribution in [1.82, 2.24) is 14.5 Å². The first-order valence-corrected chi connectivity index (χ1v) is 12.2. The summed E-state index contributed by atoms with van der Waals surface area (Å²) >= 11 is 2.72. The summed E-state index contributed by atoms with van der Waals surface area (Å²) in [7, 11) is 1.60. The Morgan fingerprint density at radius 2 is 1.84 bits per heavy atom. The quantitative estimate of drug-likeness (QED) is 0.416. The molecule has 3 rings (SSSR count). The van der Waals surface area contributed by atoms with Crippen molar-refractivity contribution in [3.63, 3.8) is 0 Å². The number of amides is 2. The minimum absolute atomic E-state index is 0.0521. The SMILES string of the molecule is CCn1c(SCC(=O)N(C)CC(=O)Nc2c(C)cccc2C)nc2sc(C)c(C)c2c1=O. The molecule has 0 unspecified atom stereocenters. The maximum atomic E-state index is 12.9. The molecule has 0 saturated heterocycles. The van der Waals surface area contributed by atoms with Gasteiger partial charge in [-0.15, -0.1) is 11.3 Å². The Labute approximate surface area is 195 Å². The number of nitrogens with one attached hydrogen (secondary N) is 1. The van der Waals surface area contributed by atoms with E-state index in [9.17, 15) is 14.4 Å². The van der Waals surface area contributed by atoms with Crippen molar-refractivity contribution in [3.8, 4) is 0 Å². The molecule has 0 aliphatic heterocycles. The fraction of sp³-hybridized carbons (Fsp3) is 0.391. The Bertz CT molecular complexity index is 1230. The molecule has 0 atom stereocenters. The van der Waals surface area contributed by atoms with Gasteiger partial charge in [-0.2, -0.15) is 0 Å². The Kier molecular flexibility index (Phi) is 7.40. The van der Waals surface area contributed by atoms with Crippen LogP contribution < -0.4 is 10.9 Å². The van der Waals surface area contributed by atoms with Crippen molar-refractivity contribution >= 4 is 50.8 Å². The van der Waals surface area contributed by atoms with Gasteiger partial charge in [-0.1, -0.05) is 30.0 Å². The van der Waals surface area contributed by atoms with Gasteiger partial charge in [0.25, 0.3) is 5.56 Å². The maximum absolute atomic E-state index is 12.9. The monoisotopic (exact) mass is 472 g/mol. The third-order valence-electron chi connectivity index (χ3n) is 5.45. The summed E-state index contributed by atoms with van der Waals surface area (Å²) in [5.74, 6) is -0.367. The van der Waals surface area contributed by atoms with Crippen LogP contribution in [-0.4, -0.2) is 45.6 Å². The molecule has 2 aromatic heterocycles. The minimum atomic E-state index is -0.252. The molecule has 7 nitrogen and oxygen atoms in total. The van der Waals surface area contributed by atoms with Crippen molar-refractivity contribution in [3.05, 3.63) is 50.1 Å². The Balaban J connectivity index is 1.68. The molecular formula is C23H28N4O3S2. The summed E-state index contributed by atoms with van der Waals surface area (Å²) in [6.07, 6.45) is 0. The van der Waals surface area contributed by atoms with Crippen LogP contribution in [0.25, 0.3) is 10.2 Å². The van der Waals surface area contributed by atoms with Gasteiger partial charge in [0.15, 0.2) is 5.16 Å². The minimum Gasteiger partial charge on any atom is -0.336 e. The molecule has 0 spiro atoms. The number of aromatic nitrogens is 2. The second-order valence-corrected chi connectivity index (χ2v) is 9.91. The van der Waals surface area contributed by atoms with Crippen LogP contribution in [-0.2, 0) is 16.1 Å². The van der Waals surface area contributed by atoms with E-state index in [0.717, 1.165) is 27.3 Å². The van der Waals surface area contributed by atoms with Gasteiger partial charge in [-0.3, -0.25) is 19.0 Å². The van der Waals surface area contributed by atoms with Crippen molar-refractivity contribution in [1.29, 1.82) is 0 Å². The van der Waals surface area contributed by atoms with Gasteiger partial charge in [-0.25, -0.2) is 4.98 Å². The number of hydrogen-bond acceptors (Lipinski definition) is 6. The fourth-order valence-electron chi connectivity index (χ4n) is 3.43.